The number of hydrogen-bond acceptors (Lipinski definition) is 2. The summed E-state index contributed by atoms with van der Waals surface area (Å²) < 4.78 is 10.9. The first kappa shape index (κ1) is 13.4. The third-order valence-corrected chi connectivity index (χ3v) is 3.67. The minimum Gasteiger partial charge on any atom is -0.493 e. The largest absolute Gasteiger partial charge is 0.493 e. The average Bonchev–Trinajstić information content (AvgIpc) is 2.42. The maximum absolute atomic E-state index is 5.84. The fraction of sp³-hybridized carbons (Fsp3) is 0.625. The highest BCUT2D eigenvalue weighted by Gasteiger charge is 2.14. The Bertz CT molecular complexity index is 368. The van der Waals surface area contributed by atoms with Gasteiger partial charge in [-0.1, -0.05) is 6.92 Å². The first-order chi connectivity index (χ1) is 8.85. The fourth-order valence-corrected chi connectivity index (χ4v) is 2.72. The van der Waals surface area contributed by atoms with Crippen LogP contribution in [-0.4, -0.2) is 20.3 Å². The third-order valence-electron chi connectivity index (χ3n) is 3.67. The van der Waals surface area contributed by atoms with Crippen molar-refractivity contribution in [1.29, 1.82) is 0 Å². The van der Waals surface area contributed by atoms with Gasteiger partial charge in [-0.25, -0.2) is 0 Å². The minimum atomic E-state index is 0.746. The normalized spacial score (nSPS) is 14.3. The Balaban J connectivity index is 2.06. The van der Waals surface area contributed by atoms with Crippen LogP contribution in [0.2, 0.25) is 0 Å². The van der Waals surface area contributed by atoms with E-state index in [1.165, 1.54) is 36.8 Å². The van der Waals surface area contributed by atoms with Gasteiger partial charge in [0.15, 0.2) is 0 Å². The smallest absolute Gasteiger partial charge is 0.119 e. The van der Waals surface area contributed by atoms with Crippen LogP contribution in [-0.2, 0) is 24.0 Å². The van der Waals surface area contributed by atoms with Crippen LogP contribution >= 0.6 is 0 Å². The number of hydrogen-bond donors (Lipinski definition) is 0. The zero-order chi connectivity index (χ0) is 12.8. The molecule has 18 heavy (non-hydrogen) atoms. The summed E-state index contributed by atoms with van der Waals surface area (Å²) in [5.74, 6) is 1.05. The number of rotatable bonds is 6. The summed E-state index contributed by atoms with van der Waals surface area (Å²) in [6, 6.07) is 4.48. The van der Waals surface area contributed by atoms with E-state index in [0.717, 1.165) is 31.8 Å². The summed E-state index contributed by atoms with van der Waals surface area (Å²) >= 11 is 0. The van der Waals surface area contributed by atoms with Crippen molar-refractivity contribution in [3.05, 3.63) is 28.8 Å². The van der Waals surface area contributed by atoms with Gasteiger partial charge in [0.2, 0.25) is 0 Å². The highest BCUT2D eigenvalue weighted by Crippen LogP contribution is 2.29. The molecule has 2 nitrogen and oxygen atoms in total. The number of ether oxygens (including phenoxy) is 2. The quantitative estimate of drug-likeness (QED) is 0.717. The summed E-state index contributed by atoms with van der Waals surface area (Å²) in [5.41, 5.74) is 4.59. The Hall–Kier alpha value is -1.02. The first-order valence-electron chi connectivity index (χ1n) is 7.11. The van der Waals surface area contributed by atoms with Crippen LogP contribution in [0.15, 0.2) is 12.1 Å². The standard InChI is InChI=1S/C16H24O2/c1-3-13-11-15(18-10-6-9-17-2)12-14-7-4-5-8-16(13)14/h11-12H,3-10H2,1-2H3. The van der Waals surface area contributed by atoms with Crippen molar-refractivity contribution >= 4 is 0 Å². The lowest BCUT2D eigenvalue weighted by molar-refractivity contribution is 0.172. The van der Waals surface area contributed by atoms with Gasteiger partial charge in [0.25, 0.3) is 0 Å². The van der Waals surface area contributed by atoms with E-state index in [-0.39, 0.29) is 0 Å². The van der Waals surface area contributed by atoms with Gasteiger partial charge in [-0.05, 0) is 60.9 Å². The van der Waals surface area contributed by atoms with Gasteiger partial charge in [-0.15, -0.1) is 0 Å². The maximum atomic E-state index is 5.84. The molecule has 0 spiro atoms. The Morgan fingerprint density at radius 3 is 2.72 bits per heavy atom. The van der Waals surface area contributed by atoms with E-state index >= 15 is 0 Å². The highest BCUT2D eigenvalue weighted by atomic mass is 16.5. The van der Waals surface area contributed by atoms with Crippen molar-refractivity contribution in [1.82, 2.24) is 0 Å². The van der Waals surface area contributed by atoms with E-state index in [0.29, 0.717) is 0 Å². The van der Waals surface area contributed by atoms with Crippen molar-refractivity contribution in [2.75, 3.05) is 20.3 Å². The van der Waals surface area contributed by atoms with Gasteiger partial charge in [0.1, 0.15) is 5.75 Å². The zero-order valence-corrected chi connectivity index (χ0v) is 11.6. The van der Waals surface area contributed by atoms with Crippen LogP contribution in [0, 0.1) is 0 Å². The second-order valence-electron chi connectivity index (χ2n) is 4.98. The molecule has 0 unspecified atom stereocenters. The maximum Gasteiger partial charge on any atom is 0.119 e. The molecule has 0 N–H and O–H groups in total. The van der Waals surface area contributed by atoms with E-state index in [9.17, 15) is 0 Å². The summed E-state index contributed by atoms with van der Waals surface area (Å²) in [6.45, 7) is 3.75. The Morgan fingerprint density at radius 2 is 1.94 bits per heavy atom. The number of benzene rings is 1. The molecule has 0 amide bonds. The molecule has 0 aliphatic heterocycles. The average molecular weight is 248 g/mol. The van der Waals surface area contributed by atoms with Crippen molar-refractivity contribution in [3.63, 3.8) is 0 Å². The van der Waals surface area contributed by atoms with Crippen molar-refractivity contribution in [2.45, 2.75) is 45.4 Å². The number of fused-ring (bicyclic) bond motifs is 1. The van der Waals surface area contributed by atoms with Gasteiger partial charge in [-0.3, -0.25) is 0 Å². The van der Waals surface area contributed by atoms with Crippen molar-refractivity contribution in [2.24, 2.45) is 0 Å². The van der Waals surface area contributed by atoms with E-state index in [2.05, 4.69) is 19.1 Å². The summed E-state index contributed by atoms with van der Waals surface area (Å²) in [5, 5.41) is 0. The molecule has 0 radical (unpaired) electrons. The Kier molecular flexibility index (Phi) is 5.06. The molecule has 1 aromatic carbocycles. The fourth-order valence-electron chi connectivity index (χ4n) is 2.72. The third kappa shape index (κ3) is 3.26. The first-order valence-corrected chi connectivity index (χ1v) is 7.11. The van der Waals surface area contributed by atoms with Gasteiger partial charge < -0.3 is 9.47 Å². The topological polar surface area (TPSA) is 18.5 Å². The van der Waals surface area contributed by atoms with E-state index in [4.69, 9.17) is 9.47 Å². The molecule has 0 saturated heterocycles. The predicted octanol–water partition coefficient (Wildman–Crippen LogP) is 3.54. The van der Waals surface area contributed by atoms with E-state index < -0.39 is 0 Å². The molecule has 1 aliphatic carbocycles. The summed E-state index contributed by atoms with van der Waals surface area (Å²) in [7, 11) is 1.73. The number of methoxy groups -OCH3 is 1. The highest BCUT2D eigenvalue weighted by molar-refractivity contribution is 5.43. The lowest BCUT2D eigenvalue weighted by Gasteiger charge is -2.20. The molecule has 0 saturated carbocycles. The predicted molar refractivity (Wildman–Crippen MR) is 74.5 cm³/mol. The number of aryl methyl sites for hydroxylation is 2. The molecule has 1 aliphatic rings. The molecule has 1 aromatic rings. The summed E-state index contributed by atoms with van der Waals surface area (Å²) in [4.78, 5) is 0. The lowest BCUT2D eigenvalue weighted by Crippen LogP contribution is -2.08. The Labute approximate surface area is 110 Å². The molecule has 0 atom stereocenters. The van der Waals surface area contributed by atoms with Crippen LogP contribution in [0.5, 0.6) is 5.75 Å². The summed E-state index contributed by atoms with van der Waals surface area (Å²) in [6.07, 6.45) is 7.20. The molecule has 0 heterocycles. The zero-order valence-electron chi connectivity index (χ0n) is 11.6. The van der Waals surface area contributed by atoms with Gasteiger partial charge in [-0.2, -0.15) is 0 Å². The van der Waals surface area contributed by atoms with Crippen molar-refractivity contribution < 1.29 is 9.47 Å². The molecule has 2 heteroatoms. The van der Waals surface area contributed by atoms with Crippen molar-refractivity contribution in [3.8, 4) is 5.75 Å². The lowest BCUT2D eigenvalue weighted by atomic mass is 9.87. The minimum absolute atomic E-state index is 0.746. The van der Waals surface area contributed by atoms with Crippen LogP contribution in [0.1, 0.15) is 42.9 Å². The molecule has 100 valence electrons. The SMILES string of the molecule is CCc1cc(OCCCOC)cc2c1CCCC2. The van der Waals surface area contributed by atoms with Gasteiger partial charge >= 0.3 is 0 Å². The second-order valence-corrected chi connectivity index (χ2v) is 4.98. The van der Waals surface area contributed by atoms with Crippen LogP contribution in [0.3, 0.4) is 0 Å². The van der Waals surface area contributed by atoms with Gasteiger partial charge in [0, 0.05) is 20.1 Å². The Morgan fingerprint density at radius 1 is 1.11 bits per heavy atom. The van der Waals surface area contributed by atoms with Crippen LogP contribution in [0.25, 0.3) is 0 Å². The molecule has 2 rings (SSSR count). The van der Waals surface area contributed by atoms with Crippen LogP contribution < -0.4 is 4.74 Å². The second kappa shape index (κ2) is 6.79. The molecule has 0 aromatic heterocycles. The molecular weight excluding hydrogens is 224 g/mol. The van der Waals surface area contributed by atoms with Gasteiger partial charge in [0.05, 0.1) is 6.61 Å². The van der Waals surface area contributed by atoms with E-state index in [1.54, 1.807) is 12.7 Å². The molecular formula is C16H24O2. The molecule has 0 bridgehead atoms. The monoisotopic (exact) mass is 248 g/mol. The van der Waals surface area contributed by atoms with Crippen LogP contribution in [0.4, 0.5) is 0 Å². The molecule has 0 fully saturated rings. The van der Waals surface area contributed by atoms with E-state index in [1.807, 2.05) is 0 Å².